The second-order valence-electron chi connectivity index (χ2n) is 7.16. The number of hydrogen-bond donors (Lipinski definition) is 0. The van der Waals surface area contributed by atoms with Crippen molar-refractivity contribution in [2.24, 2.45) is 0 Å². The largest absolute Gasteiger partial charge is 0.465 e. The third kappa shape index (κ3) is 2.65. The molecule has 6 heteroatoms. The molecule has 0 saturated heterocycles. The summed E-state index contributed by atoms with van der Waals surface area (Å²) in [5, 5.41) is 0. The van der Waals surface area contributed by atoms with Gasteiger partial charge in [0.25, 0.3) is 0 Å². The standard InChI is InChI=1S/C25H15NO5/c1-31-25(30)15-11-12-26-18(13-15)19-20(21(26)22(27)14-7-3-2-4-8-14)24(29)17-10-6-5-9-16(17)23(19)28/h2-13H,1H3. The minimum Gasteiger partial charge on any atom is -0.465 e. The van der Waals surface area contributed by atoms with E-state index in [4.69, 9.17) is 4.74 Å². The Morgan fingerprint density at radius 1 is 0.774 bits per heavy atom. The van der Waals surface area contributed by atoms with E-state index in [1.807, 2.05) is 0 Å². The number of ether oxygens (including phenoxy) is 1. The van der Waals surface area contributed by atoms with E-state index in [0.29, 0.717) is 11.1 Å². The SMILES string of the molecule is COC(=O)c1ccn2c(C(=O)c3ccccc3)c3c(c2c1)C(=O)c1ccccc1C3=O. The number of pyridine rings is 1. The van der Waals surface area contributed by atoms with E-state index in [1.165, 1.54) is 29.8 Å². The maximum Gasteiger partial charge on any atom is 0.337 e. The number of benzene rings is 2. The number of aromatic nitrogens is 1. The molecule has 0 spiro atoms. The second-order valence-corrected chi connectivity index (χ2v) is 7.16. The molecule has 0 amide bonds. The fourth-order valence-electron chi connectivity index (χ4n) is 4.05. The zero-order chi connectivity index (χ0) is 21.7. The van der Waals surface area contributed by atoms with Gasteiger partial charge in [-0.25, -0.2) is 4.79 Å². The van der Waals surface area contributed by atoms with Gasteiger partial charge in [-0.3, -0.25) is 14.4 Å². The first-order valence-electron chi connectivity index (χ1n) is 9.57. The second kappa shape index (κ2) is 6.88. The Bertz CT molecular complexity index is 1430. The highest BCUT2D eigenvalue weighted by Crippen LogP contribution is 2.35. The van der Waals surface area contributed by atoms with Crippen LogP contribution in [-0.2, 0) is 4.74 Å². The zero-order valence-electron chi connectivity index (χ0n) is 16.4. The maximum absolute atomic E-state index is 13.5. The Labute approximate surface area is 176 Å². The molecule has 1 aliphatic carbocycles. The maximum atomic E-state index is 13.5. The summed E-state index contributed by atoms with van der Waals surface area (Å²) >= 11 is 0. The number of carbonyl (C=O) groups excluding carboxylic acids is 4. The third-order valence-corrected chi connectivity index (χ3v) is 5.48. The van der Waals surface area contributed by atoms with Crippen molar-refractivity contribution >= 4 is 28.8 Å². The van der Waals surface area contributed by atoms with E-state index >= 15 is 0 Å². The summed E-state index contributed by atoms with van der Waals surface area (Å²) in [5.41, 5.74) is 1.72. The van der Waals surface area contributed by atoms with Crippen LogP contribution in [0.2, 0.25) is 0 Å². The van der Waals surface area contributed by atoms with E-state index < -0.39 is 11.8 Å². The number of methoxy groups -OCH3 is 1. The van der Waals surface area contributed by atoms with Gasteiger partial charge in [-0.1, -0.05) is 54.6 Å². The summed E-state index contributed by atoms with van der Waals surface area (Å²) in [6.07, 6.45) is 1.52. The normalized spacial score (nSPS) is 12.4. The van der Waals surface area contributed by atoms with E-state index in [-0.39, 0.29) is 45.1 Å². The van der Waals surface area contributed by atoms with Crippen molar-refractivity contribution in [3.63, 3.8) is 0 Å². The van der Waals surface area contributed by atoms with Crippen molar-refractivity contribution in [3.05, 3.63) is 112 Å². The fourth-order valence-corrected chi connectivity index (χ4v) is 4.05. The lowest BCUT2D eigenvalue weighted by Gasteiger charge is -2.15. The first-order valence-corrected chi connectivity index (χ1v) is 9.57. The molecule has 0 radical (unpaired) electrons. The van der Waals surface area contributed by atoms with Gasteiger partial charge in [0.2, 0.25) is 5.78 Å². The van der Waals surface area contributed by atoms with Gasteiger partial charge in [-0.2, -0.15) is 0 Å². The Balaban J connectivity index is 1.87. The molecule has 6 nitrogen and oxygen atoms in total. The average Bonchev–Trinajstić information content (AvgIpc) is 3.17. The topological polar surface area (TPSA) is 81.9 Å². The lowest BCUT2D eigenvalue weighted by molar-refractivity contribution is 0.0600. The summed E-state index contributed by atoms with van der Waals surface area (Å²) in [5.74, 6) is -1.73. The van der Waals surface area contributed by atoms with E-state index in [2.05, 4.69) is 0 Å². The number of rotatable bonds is 3. The molecule has 2 aromatic heterocycles. The van der Waals surface area contributed by atoms with Gasteiger partial charge < -0.3 is 9.14 Å². The Kier molecular flexibility index (Phi) is 4.15. The van der Waals surface area contributed by atoms with Crippen LogP contribution in [0.15, 0.2) is 72.9 Å². The van der Waals surface area contributed by atoms with Gasteiger partial charge in [0.1, 0.15) is 5.69 Å². The highest BCUT2D eigenvalue weighted by Gasteiger charge is 2.38. The van der Waals surface area contributed by atoms with Crippen molar-refractivity contribution in [3.8, 4) is 0 Å². The highest BCUT2D eigenvalue weighted by atomic mass is 16.5. The van der Waals surface area contributed by atoms with Gasteiger partial charge in [0.15, 0.2) is 11.6 Å². The minimum absolute atomic E-state index is 0.0552. The lowest BCUT2D eigenvalue weighted by atomic mass is 9.84. The molecular weight excluding hydrogens is 394 g/mol. The number of esters is 1. The molecule has 0 saturated carbocycles. The molecule has 1 aliphatic rings. The van der Waals surface area contributed by atoms with Crippen molar-refractivity contribution < 1.29 is 23.9 Å². The highest BCUT2D eigenvalue weighted by molar-refractivity contribution is 6.34. The molecule has 4 aromatic rings. The fraction of sp³-hybridized carbons (Fsp3) is 0.0400. The third-order valence-electron chi connectivity index (χ3n) is 5.48. The van der Waals surface area contributed by atoms with Crippen molar-refractivity contribution in [1.29, 1.82) is 0 Å². The molecule has 0 N–H and O–H groups in total. The molecule has 150 valence electrons. The first-order chi connectivity index (χ1) is 15.0. The van der Waals surface area contributed by atoms with Crippen molar-refractivity contribution in [2.45, 2.75) is 0 Å². The van der Waals surface area contributed by atoms with Crippen LogP contribution >= 0.6 is 0 Å². The van der Waals surface area contributed by atoms with Crippen molar-refractivity contribution in [1.82, 2.24) is 4.40 Å². The molecule has 5 rings (SSSR count). The van der Waals surface area contributed by atoms with Crippen LogP contribution in [0.3, 0.4) is 0 Å². The predicted octanol–water partition coefficient (Wildman–Crippen LogP) is 3.73. The van der Waals surface area contributed by atoms with Crippen LogP contribution in [0.4, 0.5) is 0 Å². The Morgan fingerprint density at radius 3 is 2.03 bits per heavy atom. The molecule has 0 fully saturated rings. The predicted molar refractivity (Wildman–Crippen MR) is 112 cm³/mol. The minimum atomic E-state index is -0.580. The van der Waals surface area contributed by atoms with Gasteiger partial charge >= 0.3 is 5.97 Å². The summed E-state index contributed by atoms with van der Waals surface area (Å²) in [6, 6.07) is 18.1. The smallest absolute Gasteiger partial charge is 0.337 e. The van der Waals surface area contributed by atoms with E-state index in [0.717, 1.165) is 0 Å². The Hall–Kier alpha value is -4.32. The average molecular weight is 409 g/mol. The van der Waals surface area contributed by atoms with Crippen molar-refractivity contribution in [2.75, 3.05) is 7.11 Å². The van der Waals surface area contributed by atoms with E-state index in [9.17, 15) is 19.2 Å². The van der Waals surface area contributed by atoms with Gasteiger partial charge in [0, 0.05) is 22.9 Å². The molecule has 31 heavy (non-hydrogen) atoms. The molecule has 0 unspecified atom stereocenters. The molecule has 2 heterocycles. The number of fused-ring (bicyclic) bond motifs is 4. The van der Waals surface area contributed by atoms with Gasteiger partial charge in [-0.05, 0) is 12.1 Å². The van der Waals surface area contributed by atoms with Crippen LogP contribution < -0.4 is 0 Å². The quantitative estimate of drug-likeness (QED) is 0.335. The number of hydrogen-bond acceptors (Lipinski definition) is 5. The van der Waals surface area contributed by atoms with Crippen LogP contribution in [0, 0.1) is 0 Å². The summed E-state index contributed by atoms with van der Waals surface area (Å²) in [7, 11) is 1.26. The Morgan fingerprint density at radius 2 is 1.39 bits per heavy atom. The summed E-state index contributed by atoms with van der Waals surface area (Å²) in [4.78, 5) is 52.4. The van der Waals surface area contributed by atoms with Gasteiger partial charge in [-0.15, -0.1) is 0 Å². The van der Waals surface area contributed by atoms with E-state index in [1.54, 1.807) is 54.6 Å². The molecule has 0 atom stereocenters. The lowest BCUT2D eigenvalue weighted by Crippen LogP contribution is -2.21. The van der Waals surface area contributed by atoms with Crippen LogP contribution in [0.25, 0.3) is 5.52 Å². The summed E-state index contributed by atoms with van der Waals surface area (Å²) < 4.78 is 6.30. The number of nitrogens with zero attached hydrogens (tertiary/aromatic N) is 1. The summed E-state index contributed by atoms with van der Waals surface area (Å²) in [6.45, 7) is 0. The van der Waals surface area contributed by atoms with Gasteiger partial charge in [0.05, 0.1) is 29.3 Å². The molecule has 0 bridgehead atoms. The van der Waals surface area contributed by atoms with Crippen LogP contribution in [0.1, 0.15) is 58.3 Å². The molecule has 0 aliphatic heterocycles. The monoisotopic (exact) mass is 409 g/mol. The zero-order valence-corrected chi connectivity index (χ0v) is 16.4. The first kappa shape index (κ1) is 18.7. The number of ketones is 3. The van der Waals surface area contributed by atoms with Crippen LogP contribution in [-0.4, -0.2) is 34.8 Å². The van der Waals surface area contributed by atoms with Crippen LogP contribution in [0.5, 0.6) is 0 Å². The number of carbonyl (C=O) groups is 4. The molecular formula is C25H15NO5. The molecule has 2 aromatic carbocycles.